The Morgan fingerprint density at radius 2 is 1.69 bits per heavy atom. The van der Waals surface area contributed by atoms with E-state index in [9.17, 15) is 4.79 Å². The number of esters is 1. The molecule has 2 N–H and O–H groups in total. The number of carbonyl (C=O) groups excluding carboxylic acids is 1. The molecular formula is C35H34Cl2N4O4. The number of carbonyl (C=O) groups is 1. The van der Waals surface area contributed by atoms with Crippen LogP contribution in [0.3, 0.4) is 0 Å². The van der Waals surface area contributed by atoms with Gasteiger partial charge >= 0.3 is 5.97 Å². The Morgan fingerprint density at radius 1 is 0.956 bits per heavy atom. The second-order valence-corrected chi connectivity index (χ2v) is 11.8. The van der Waals surface area contributed by atoms with Crippen LogP contribution in [0, 0.1) is 13.8 Å². The average Bonchev–Trinajstić information content (AvgIpc) is 3.34. The van der Waals surface area contributed by atoms with Crippen molar-refractivity contribution in [3.8, 4) is 0 Å². The Labute approximate surface area is 272 Å². The van der Waals surface area contributed by atoms with E-state index in [1.54, 1.807) is 25.3 Å². The molecule has 3 atom stereocenters. The van der Waals surface area contributed by atoms with Gasteiger partial charge in [-0.25, -0.2) is 4.98 Å². The van der Waals surface area contributed by atoms with Crippen LogP contribution < -0.4 is 10.6 Å². The van der Waals surface area contributed by atoms with E-state index in [2.05, 4.69) is 15.0 Å². The summed E-state index contributed by atoms with van der Waals surface area (Å²) in [7, 11) is 1.63. The summed E-state index contributed by atoms with van der Waals surface area (Å²) in [5, 5.41) is 7.93. The van der Waals surface area contributed by atoms with Crippen LogP contribution >= 0.6 is 23.2 Å². The van der Waals surface area contributed by atoms with E-state index < -0.39 is 24.2 Å². The number of halogens is 2. The van der Waals surface area contributed by atoms with Crippen molar-refractivity contribution < 1.29 is 19.0 Å². The van der Waals surface area contributed by atoms with Gasteiger partial charge in [-0.05, 0) is 49.2 Å². The molecule has 0 aliphatic carbocycles. The molecule has 6 rings (SSSR count). The largest absolute Gasteiger partial charge is 0.456 e. The van der Waals surface area contributed by atoms with Crippen molar-refractivity contribution in [1.82, 2.24) is 9.38 Å². The van der Waals surface area contributed by atoms with E-state index in [1.807, 2.05) is 80.7 Å². The maximum atomic E-state index is 13.8. The van der Waals surface area contributed by atoms with Crippen LogP contribution in [0.25, 0.3) is 5.65 Å². The van der Waals surface area contributed by atoms with Gasteiger partial charge < -0.3 is 29.2 Å². The first-order valence-corrected chi connectivity index (χ1v) is 15.5. The molecule has 1 aliphatic rings. The summed E-state index contributed by atoms with van der Waals surface area (Å²) in [6, 6.07) is 24.4. The molecule has 0 amide bonds. The number of nitrogens with zero attached hydrogens (tertiary/aromatic N) is 2. The summed E-state index contributed by atoms with van der Waals surface area (Å²) in [6.07, 6.45) is 0.727. The number of aromatic nitrogens is 2. The van der Waals surface area contributed by atoms with E-state index in [-0.39, 0.29) is 6.42 Å². The molecule has 0 unspecified atom stereocenters. The maximum Gasteiger partial charge on any atom is 0.310 e. The highest BCUT2D eigenvalue weighted by atomic mass is 35.5. The molecule has 0 spiro atoms. The summed E-state index contributed by atoms with van der Waals surface area (Å²) in [4.78, 5) is 18.7. The highest BCUT2D eigenvalue weighted by Crippen LogP contribution is 2.45. The monoisotopic (exact) mass is 644 g/mol. The fraction of sp³-hybridized carbons (Fsp3) is 0.257. The van der Waals surface area contributed by atoms with Crippen LogP contribution in [0.5, 0.6) is 0 Å². The molecule has 5 aromatic rings. The van der Waals surface area contributed by atoms with Crippen LogP contribution in [0.2, 0.25) is 10.0 Å². The van der Waals surface area contributed by atoms with Gasteiger partial charge in [0, 0.05) is 30.3 Å². The number of para-hydroxylation sites is 2. The van der Waals surface area contributed by atoms with Crippen LogP contribution in [-0.4, -0.2) is 41.8 Å². The first kappa shape index (κ1) is 30.9. The topological polar surface area (TPSA) is 86.1 Å². The van der Waals surface area contributed by atoms with Crippen molar-refractivity contribution in [1.29, 1.82) is 0 Å². The van der Waals surface area contributed by atoms with Gasteiger partial charge in [0.05, 0.1) is 52.8 Å². The van der Waals surface area contributed by atoms with Gasteiger partial charge in [-0.3, -0.25) is 4.79 Å². The number of nitrogens with one attached hydrogen (secondary N) is 2. The molecule has 3 aromatic carbocycles. The number of imidazole rings is 1. The first-order chi connectivity index (χ1) is 21.9. The lowest BCUT2D eigenvalue weighted by Gasteiger charge is -2.40. The number of pyridine rings is 1. The van der Waals surface area contributed by atoms with Crippen molar-refractivity contribution >= 4 is 51.9 Å². The number of rotatable bonds is 10. The van der Waals surface area contributed by atoms with Crippen LogP contribution in [0.1, 0.15) is 40.2 Å². The molecule has 2 aromatic heterocycles. The lowest BCUT2D eigenvalue weighted by molar-refractivity contribution is -0.160. The number of methoxy groups -OCH3 is 1. The third kappa shape index (κ3) is 6.37. The molecule has 0 bridgehead atoms. The van der Waals surface area contributed by atoms with Gasteiger partial charge in [-0.1, -0.05) is 77.8 Å². The SMILES string of the molecule is COCCO[C@H]1c2ccn3c(C)c(C)nc3c2N[C@H](c2ccccc2)[C@H]1OC(=O)Cc1ccccc1Nc1c(Cl)cccc1Cl. The molecule has 3 heterocycles. The normalized spacial score (nSPS) is 17.5. The predicted molar refractivity (Wildman–Crippen MR) is 178 cm³/mol. The number of fused-ring (bicyclic) bond motifs is 3. The van der Waals surface area contributed by atoms with Gasteiger partial charge in [0.15, 0.2) is 11.8 Å². The second-order valence-electron chi connectivity index (χ2n) is 10.9. The minimum Gasteiger partial charge on any atom is -0.456 e. The highest BCUT2D eigenvalue weighted by Gasteiger charge is 2.42. The summed E-state index contributed by atoms with van der Waals surface area (Å²) in [5.74, 6) is -0.403. The van der Waals surface area contributed by atoms with Gasteiger partial charge in [-0.2, -0.15) is 0 Å². The van der Waals surface area contributed by atoms with Gasteiger partial charge in [0.1, 0.15) is 6.10 Å². The summed E-state index contributed by atoms with van der Waals surface area (Å²) < 4.78 is 20.2. The Kier molecular flexibility index (Phi) is 9.28. The van der Waals surface area contributed by atoms with E-state index >= 15 is 0 Å². The Morgan fingerprint density at radius 3 is 2.44 bits per heavy atom. The van der Waals surface area contributed by atoms with E-state index in [4.69, 9.17) is 42.4 Å². The number of hydrogen-bond acceptors (Lipinski definition) is 7. The van der Waals surface area contributed by atoms with Crippen LogP contribution in [0.4, 0.5) is 17.1 Å². The highest BCUT2D eigenvalue weighted by molar-refractivity contribution is 6.39. The molecule has 0 fully saturated rings. The molecule has 8 nitrogen and oxygen atoms in total. The Hall–Kier alpha value is -4.08. The van der Waals surface area contributed by atoms with E-state index in [1.165, 1.54) is 0 Å². The summed E-state index contributed by atoms with van der Waals surface area (Å²) >= 11 is 12.8. The smallest absolute Gasteiger partial charge is 0.310 e. The molecule has 10 heteroatoms. The van der Waals surface area contributed by atoms with Gasteiger partial charge in [0.2, 0.25) is 0 Å². The molecule has 0 radical (unpaired) electrons. The molecule has 1 aliphatic heterocycles. The third-order valence-corrected chi connectivity index (χ3v) is 8.75. The predicted octanol–water partition coefficient (Wildman–Crippen LogP) is 8.03. The van der Waals surface area contributed by atoms with E-state index in [0.29, 0.717) is 34.6 Å². The maximum absolute atomic E-state index is 13.8. The zero-order chi connectivity index (χ0) is 31.5. The van der Waals surface area contributed by atoms with Crippen molar-refractivity contribution in [2.45, 2.75) is 38.5 Å². The van der Waals surface area contributed by atoms with Crippen LogP contribution in [0.15, 0.2) is 85.1 Å². The van der Waals surface area contributed by atoms with Gasteiger partial charge in [0.25, 0.3) is 0 Å². The van der Waals surface area contributed by atoms with Crippen molar-refractivity contribution in [3.63, 3.8) is 0 Å². The lowest BCUT2D eigenvalue weighted by Crippen LogP contribution is -2.41. The number of ether oxygens (including phenoxy) is 3. The lowest BCUT2D eigenvalue weighted by atomic mass is 9.88. The number of anilines is 3. The van der Waals surface area contributed by atoms with E-state index in [0.717, 1.165) is 39.4 Å². The summed E-state index contributed by atoms with van der Waals surface area (Å²) in [6.45, 7) is 4.75. The molecular weight excluding hydrogens is 611 g/mol. The van der Waals surface area contributed by atoms with Crippen LogP contribution in [-0.2, 0) is 25.4 Å². The standard InChI is InChI=1S/C35H34Cl2N4O4/c1-21-22(2)41-17-16-25-31(35(41)38-21)40-30(23-10-5-4-6-11-23)34(33(25)44-19-18-43-3)45-29(42)20-24-12-7-8-15-28(24)39-32-26(36)13-9-14-27(32)37/h4-17,30,33-34,39-40H,18-20H2,1-3H3/t30-,33+,34-/m1/s1. The van der Waals surface area contributed by atoms with Crippen molar-refractivity contribution in [2.24, 2.45) is 0 Å². The van der Waals surface area contributed by atoms with Crippen molar-refractivity contribution in [2.75, 3.05) is 31.0 Å². The Bertz CT molecular complexity index is 1810. The number of hydrogen-bond donors (Lipinski definition) is 2. The fourth-order valence-corrected chi connectivity index (χ4v) is 6.22. The molecule has 45 heavy (non-hydrogen) atoms. The van der Waals surface area contributed by atoms with Crippen molar-refractivity contribution in [3.05, 3.63) is 123 Å². The minimum atomic E-state index is -0.693. The third-order valence-electron chi connectivity index (χ3n) is 8.12. The quantitative estimate of drug-likeness (QED) is 0.118. The Balaban J connectivity index is 1.35. The first-order valence-electron chi connectivity index (χ1n) is 14.7. The zero-order valence-electron chi connectivity index (χ0n) is 25.2. The molecule has 0 saturated heterocycles. The number of benzene rings is 3. The molecule has 0 saturated carbocycles. The zero-order valence-corrected chi connectivity index (χ0v) is 26.7. The fourth-order valence-electron chi connectivity index (χ4n) is 5.73. The summed E-state index contributed by atoms with van der Waals surface area (Å²) in [5.41, 5.74) is 7.48. The average molecular weight is 646 g/mol. The minimum absolute atomic E-state index is 0.0125. The van der Waals surface area contributed by atoms with Gasteiger partial charge in [-0.15, -0.1) is 0 Å². The second kappa shape index (κ2) is 13.5. The molecule has 232 valence electrons. The number of aryl methyl sites for hydroxylation is 2.